The van der Waals surface area contributed by atoms with Crippen molar-refractivity contribution in [1.29, 1.82) is 0 Å². The number of rotatable bonds is 1. The van der Waals surface area contributed by atoms with Gasteiger partial charge >= 0.3 is 0 Å². The highest BCUT2D eigenvalue weighted by molar-refractivity contribution is 9.10. The summed E-state index contributed by atoms with van der Waals surface area (Å²) in [7, 11) is 0. The standard InChI is InChI=1S/C15H11BrN4O/c1-9-18-19-14-15(21,13-4-2-3-7-17-13)11-8-10(16)5-6-12(11)20(9)14/h2-8,21H,1H3. The number of pyridine rings is 1. The predicted molar refractivity (Wildman–Crippen MR) is 80.1 cm³/mol. The second-order valence-corrected chi connectivity index (χ2v) is 5.91. The van der Waals surface area contributed by atoms with E-state index < -0.39 is 5.60 Å². The minimum atomic E-state index is -1.39. The van der Waals surface area contributed by atoms with Crippen molar-refractivity contribution in [2.24, 2.45) is 0 Å². The molecular weight excluding hydrogens is 332 g/mol. The van der Waals surface area contributed by atoms with E-state index in [1.165, 1.54) is 0 Å². The van der Waals surface area contributed by atoms with Gasteiger partial charge in [-0.15, -0.1) is 10.2 Å². The van der Waals surface area contributed by atoms with Gasteiger partial charge < -0.3 is 5.11 Å². The average Bonchev–Trinajstić information content (AvgIpc) is 3.00. The summed E-state index contributed by atoms with van der Waals surface area (Å²) in [5.74, 6) is 1.22. The van der Waals surface area contributed by atoms with Crippen LogP contribution in [0.25, 0.3) is 5.69 Å². The van der Waals surface area contributed by atoms with Crippen LogP contribution in [-0.4, -0.2) is 24.9 Å². The summed E-state index contributed by atoms with van der Waals surface area (Å²) < 4.78 is 2.77. The van der Waals surface area contributed by atoms with Crippen molar-refractivity contribution in [1.82, 2.24) is 19.7 Å². The lowest BCUT2D eigenvalue weighted by molar-refractivity contribution is 0.117. The summed E-state index contributed by atoms with van der Waals surface area (Å²) in [6, 6.07) is 11.2. The molecule has 0 fully saturated rings. The molecule has 4 rings (SSSR count). The smallest absolute Gasteiger partial charge is 0.194 e. The molecule has 5 nitrogen and oxygen atoms in total. The molecule has 1 atom stereocenters. The Morgan fingerprint density at radius 1 is 1.19 bits per heavy atom. The number of hydrogen-bond acceptors (Lipinski definition) is 4. The minimum absolute atomic E-state index is 0.479. The fraction of sp³-hybridized carbons (Fsp3) is 0.133. The van der Waals surface area contributed by atoms with Crippen LogP contribution in [0.15, 0.2) is 47.1 Å². The van der Waals surface area contributed by atoms with Crippen molar-refractivity contribution in [2.45, 2.75) is 12.5 Å². The van der Waals surface area contributed by atoms with Crippen LogP contribution >= 0.6 is 15.9 Å². The Hall–Kier alpha value is -2.05. The van der Waals surface area contributed by atoms with E-state index in [1.807, 2.05) is 41.8 Å². The van der Waals surface area contributed by atoms with Crippen molar-refractivity contribution in [2.75, 3.05) is 0 Å². The fourth-order valence-corrected chi connectivity index (χ4v) is 3.19. The molecule has 0 spiro atoms. The molecule has 21 heavy (non-hydrogen) atoms. The van der Waals surface area contributed by atoms with E-state index in [9.17, 15) is 5.11 Å². The fourth-order valence-electron chi connectivity index (χ4n) is 2.83. The molecule has 104 valence electrons. The van der Waals surface area contributed by atoms with Gasteiger partial charge in [0.25, 0.3) is 0 Å². The summed E-state index contributed by atoms with van der Waals surface area (Å²) >= 11 is 3.46. The lowest BCUT2D eigenvalue weighted by atomic mass is 9.91. The van der Waals surface area contributed by atoms with Crippen LogP contribution in [0.5, 0.6) is 0 Å². The third kappa shape index (κ3) is 1.57. The first-order valence-electron chi connectivity index (χ1n) is 6.49. The lowest BCUT2D eigenvalue weighted by Crippen LogP contribution is -2.28. The maximum absolute atomic E-state index is 11.4. The molecule has 1 aliphatic rings. The molecule has 1 N–H and O–H groups in total. The van der Waals surface area contributed by atoms with Crippen molar-refractivity contribution in [3.05, 3.63) is 70.0 Å². The van der Waals surface area contributed by atoms with Crippen LogP contribution < -0.4 is 0 Å². The van der Waals surface area contributed by atoms with Gasteiger partial charge in [-0.25, -0.2) is 0 Å². The van der Waals surface area contributed by atoms with Gasteiger partial charge in [-0.1, -0.05) is 22.0 Å². The number of hydrogen-bond donors (Lipinski definition) is 1. The molecule has 1 aliphatic heterocycles. The van der Waals surface area contributed by atoms with Crippen LogP contribution in [0, 0.1) is 6.92 Å². The van der Waals surface area contributed by atoms with E-state index in [1.54, 1.807) is 12.3 Å². The van der Waals surface area contributed by atoms with Gasteiger partial charge in [0.05, 0.1) is 11.4 Å². The Morgan fingerprint density at radius 3 is 2.81 bits per heavy atom. The molecule has 0 amide bonds. The number of benzene rings is 1. The number of aliphatic hydroxyl groups is 1. The Labute approximate surface area is 129 Å². The van der Waals surface area contributed by atoms with Crippen molar-refractivity contribution >= 4 is 15.9 Å². The summed E-state index contributed by atoms with van der Waals surface area (Å²) in [5.41, 5.74) is 0.782. The van der Waals surface area contributed by atoms with Gasteiger partial charge in [0, 0.05) is 16.2 Å². The van der Waals surface area contributed by atoms with E-state index in [0.29, 0.717) is 11.5 Å². The van der Waals surface area contributed by atoms with Gasteiger partial charge in [-0.05, 0) is 37.3 Å². The van der Waals surface area contributed by atoms with E-state index in [2.05, 4.69) is 31.1 Å². The second kappa shape index (κ2) is 4.22. The summed E-state index contributed by atoms with van der Waals surface area (Å²) in [5, 5.41) is 19.7. The minimum Gasteiger partial charge on any atom is -0.372 e. The zero-order valence-electron chi connectivity index (χ0n) is 11.2. The molecular formula is C15H11BrN4O. The largest absolute Gasteiger partial charge is 0.372 e. The lowest BCUT2D eigenvalue weighted by Gasteiger charge is -2.21. The van der Waals surface area contributed by atoms with Crippen molar-refractivity contribution < 1.29 is 5.11 Å². The number of aryl methyl sites for hydroxylation is 1. The Morgan fingerprint density at radius 2 is 2.05 bits per heavy atom. The van der Waals surface area contributed by atoms with E-state index in [-0.39, 0.29) is 0 Å². The monoisotopic (exact) mass is 342 g/mol. The normalized spacial score (nSPS) is 19.4. The second-order valence-electron chi connectivity index (χ2n) is 4.99. The zero-order chi connectivity index (χ0) is 14.6. The number of fused-ring (bicyclic) bond motifs is 3. The third-order valence-corrected chi connectivity index (χ3v) is 4.27. The molecule has 0 saturated carbocycles. The molecule has 0 saturated heterocycles. The predicted octanol–water partition coefficient (Wildman–Crippen LogP) is 2.33. The summed E-state index contributed by atoms with van der Waals surface area (Å²) in [6.45, 7) is 1.87. The van der Waals surface area contributed by atoms with Gasteiger partial charge in [0.15, 0.2) is 11.4 Å². The van der Waals surface area contributed by atoms with Crippen LogP contribution in [0.3, 0.4) is 0 Å². The molecule has 6 heteroatoms. The summed E-state index contributed by atoms with van der Waals surface area (Å²) in [4.78, 5) is 4.32. The van der Waals surface area contributed by atoms with Crippen LogP contribution in [0.2, 0.25) is 0 Å². The first-order valence-corrected chi connectivity index (χ1v) is 7.28. The molecule has 0 aliphatic carbocycles. The van der Waals surface area contributed by atoms with E-state index in [0.717, 1.165) is 21.5 Å². The Kier molecular flexibility index (Phi) is 2.55. The SMILES string of the molecule is Cc1nnc2n1-c1ccc(Br)cc1C2(O)c1ccccn1. The van der Waals surface area contributed by atoms with E-state index in [4.69, 9.17) is 0 Å². The first kappa shape index (κ1) is 12.7. The molecule has 0 bridgehead atoms. The van der Waals surface area contributed by atoms with Gasteiger partial charge in [0.2, 0.25) is 0 Å². The van der Waals surface area contributed by atoms with Crippen LogP contribution in [0.1, 0.15) is 22.9 Å². The Bertz CT molecular complexity index is 846. The van der Waals surface area contributed by atoms with E-state index >= 15 is 0 Å². The molecule has 2 aromatic heterocycles. The molecule has 3 aromatic rings. The topological polar surface area (TPSA) is 63.8 Å². The average molecular weight is 343 g/mol. The maximum atomic E-state index is 11.4. The highest BCUT2D eigenvalue weighted by atomic mass is 79.9. The van der Waals surface area contributed by atoms with Gasteiger partial charge in [-0.3, -0.25) is 9.55 Å². The first-order chi connectivity index (χ1) is 10.1. The molecule has 0 radical (unpaired) electrons. The number of halogens is 1. The van der Waals surface area contributed by atoms with Gasteiger partial charge in [0.1, 0.15) is 5.82 Å². The van der Waals surface area contributed by atoms with Crippen LogP contribution in [0.4, 0.5) is 0 Å². The third-order valence-electron chi connectivity index (χ3n) is 3.77. The Balaban J connectivity index is 2.11. The van der Waals surface area contributed by atoms with Crippen LogP contribution in [-0.2, 0) is 5.60 Å². The highest BCUT2D eigenvalue weighted by Crippen LogP contribution is 2.45. The molecule has 1 unspecified atom stereocenters. The van der Waals surface area contributed by atoms with Gasteiger partial charge in [-0.2, -0.15) is 0 Å². The van der Waals surface area contributed by atoms with Crippen molar-refractivity contribution in [3.63, 3.8) is 0 Å². The zero-order valence-corrected chi connectivity index (χ0v) is 12.7. The highest BCUT2D eigenvalue weighted by Gasteiger charge is 2.47. The summed E-state index contributed by atoms with van der Waals surface area (Å²) in [6.07, 6.45) is 1.66. The number of aromatic nitrogens is 4. The molecule has 3 heterocycles. The quantitative estimate of drug-likeness (QED) is 0.737. The maximum Gasteiger partial charge on any atom is 0.194 e. The number of nitrogens with zero attached hydrogens (tertiary/aromatic N) is 4. The molecule has 1 aromatic carbocycles. The van der Waals surface area contributed by atoms with Crippen molar-refractivity contribution in [3.8, 4) is 5.69 Å².